The highest BCUT2D eigenvalue weighted by molar-refractivity contribution is 5.89. The van der Waals surface area contributed by atoms with Crippen molar-refractivity contribution in [3.05, 3.63) is 0 Å². The van der Waals surface area contributed by atoms with Gasteiger partial charge in [0.25, 0.3) is 0 Å². The first-order valence-electron chi connectivity index (χ1n) is 4.57. The molecule has 0 amide bonds. The second-order valence-electron chi connectivity index (χ2n) is 3.88. The summed E-state index contributed by atoms with van der Waals surface area (Å²) in [5.74, 6) is 0.143. The van der Waals surface area contributed by atoms with Gasteiger partial charge in [0, 0.05) is 0 Å². The molecule has 0 unspecified atom stereocenters. The van der Waals surface area contributed by atoms with E-state index in [1.807, 2.05) is 13.8 Å². The minimum atomic E-state index is -0.342. The molecule has 1 aliphatic heterocycles. The summed E-state index contributed by atoms with van der Waals surface area (Å²) in [6.07, 6.45) is 2.42. The zero-order valence-corrected chi connectivity index (χ0v) is 7.97. The highest BCUT2D eigenvalue weighted by atomic mass is 16.1. The number of likely N-dealkylation sites (tertiary alicyclic amines) is 1. The number of nitrogens with zero attached hydrogens (tertiary/aromatic N) is 1. The Bertz CT molecular complexity index is 171. The van der Waals surface area contributed by atoms with Crippen LogP contribution in [-0.4, -0.2) is 35.9 Å². The Hall–Kier alpha value is -0.410. The summed E-state index contributed by atoms with van der Waals surface area (Å²) >= 11 is 0. The molecule has 1 aliphatic rings. The molecule has 1 heterocycles. The van der Waals surface area contributed by atoms with Crippen LogP contribution in [0.2, 0.25) is 0 Å². The van der Waals surface area contributed by atoms with Crippen LogP contribution in [0.1, 0.15) is 26.7 Å². The second kappa shape index (κ2) is 3.54. The summed E-state index contributed by atoms with van der Waals surface area (Å²) in [5.41, 5.74) is 5.01. The number of rotatable bonds is 3. The number of hydrogen-bond acceptors (Lipinski definition) is 3. The molecule has 3 heteroatoms. The molecule has 0 aromatic rings. The summed E-state index contributed by atoms with van der Waals surface area (Å²) in [5, 5.41) is 0. The quantitative estimate of drug-likeness (QED) is 0.666. The number of hydrogen-bond donors (Lipinski definition) is 1. The largest absolute Gasteiger partial charge is 0.324 e. The van der Waals surface area contributed by atoms with E-state index < -0.39 is 0 Å². The lowest BCUT2D eigenvalue weighted by atomic mass is 9.97. The molecule has 0 aromatic carbocycles. The molecule has 12 heavy (non-hydrogen) atoms. The fourth-order valence-electron chi connectivity index (χ4n) is 1.70. The van der Waals surface area contributed by atoms with Gasteiger partial charge in [0.2, 0.25) is 0 Å². The van der Waals surface area contributed by atoms with Gasteiger partial charge in [0.1, 0.15) is 0 Å². The molecule has 0 aromatic heterocycles. The van der Waals surface area contributed by atoms with Crippen molar-refractivity contribution >= 4 is 5.78 Å². The van der Waals surface area contributed by atoms with Crippen molar-refractivity contribution in [2.45, 2.75) is 32.2 Å². The van der Waals surface area contributed by atoms with Crippen molar-refractivity contribution in [3.8, 4) is 0 Å². The molecule has 70 valence electrons. The van der Waals surface area contributed by atoms with Gasteiger partial charge >= 0.3 is 0 Å². The Morgan fingerprint density at radius 3 is 2.33 bits per heavy atom. The van der Waals surface area contributed by atoms with Crippen LogP contribution in [-0.2, 0) is 4.79 Å². The Kier molecular flexibility index (Phi) is 2.85. The van der Waals surface area contributed by atoms with Crippen molar-refractivity contribution in [2.24, 2.45) is 5.73 Å². The first-order chi connectivity index (χ1) is 5.59. The van der Waals surface area contributed by atoms with Gasteiger partial charge in [-0.2, -0.15) is 0 Å². The highest BCUT2D eigenvalue weighted by Crippen LogP contribution is 2.21. The van der Waals surface area contributed by atoms with Gasteiger partial charge in [-0.1, -0.05) is 0 Å². The van der Waals surface area contributed by atoms with E-state index in [1.165, 1.54) is 12.8 Å². The average molecular weight is 170 g/mol. The minimum Gasteiger partial charge on any atom is -0.324 e. The number of carbonyl (C=O) groups excluding carboxylic acids is 1. The van der Waals surface area contributed by atoms with E-state index in [0.717, 1.165) is 13.1 Å². The second-order valence-corrected chi connectivity index (χ2v) is 3.88. The molecule has 0 radical (unpaired) electrons. The SMILES string of the molecule is CC(C)(C(=O)CN)N1CCCC1. The highest BCUT2D eigenvalue weighted by Gasteiger charge is 2.34. The third-order valence-corrected chi connectivity index (χ3v) is 2.76. The van der Waals surface area contributed by atoms with E-state index in [9.17, 15) is 4.79 Å². The number of Topliss-reactive ketones (excluding diaryl/α,β-unsaturated/α-hetero) is 1. The van der Waals surface area contributed by atoms with Crippen molar-refractivity contribution < 1.29 is 4.79 Å². The maximum Gasteiger partial charge on any atom is 0.165 e. The maximum atomic E-state index is 11.5. The van der Waals surface area contributed by atoms with Crippen molar-refractivity contribution in [1.29, 1.82) is 0 Å². The Morgan fingerprint density at radius 1 is 1.42 bits per heavy atom. The van der Waals surface area contributed by atoms with Gasteiger partial charge in [0.15, 0.2) is 5.78 Å². The van der Waals surface area contributed by atoms with Crippen molar-refractivity contribution in [1.82, 2.24) is 4.90 Å². The summed E-state index contributed by atoms with van der Waals surface area (Å²) in [4.78, 5) is 13.7. The predicted molar refractivity (Wildman–Crippen MR) is 48.9 cm³/mol. The summed E-state index contributed by atoms with van der Waals surface area (Å²) in [7, 11) is 0. The Balaban J connectivity index is 2.62. The van der Waals surface area contributed by atoms with Gasteiger partial charge in [-0.05, 0) is 39.8 Å². The fourth-order valence-corrected chi connectivity index (χ4v) is 1.70. The van der Waals surface area contributed by atoms with Gasteiger partial charge in [0.05, 0.1) is 12.1 Å². The third-order valence-electron chi connectivity index (χ3n) is 2.76. The molecule has 1 saturated heterocycles. The average Bonchev–Trinajstić information content (AvgIpc) is 2.55. The van der Waals surface area contributed by atoms with Crippen LogP contribution in [0.15, 0.2) is 0 Å². The molecule has 0 bridgehead atoms. The number of carbonyl (C=O) groups is 1. The third kappa shape index (κ3) is 1.67. The van der Waals surface area contributed by atoms with Crippen LogP contribution in [0.25, 0.3) is 0 Å². The van der Waals surface area contributed by atoms with Crippen LogP contribution in [0.5, 0.6) is 0 Å². The normalized spacial score (nSPS) is 19.9. The number of ketones is 1. The summed E-state index contributed by atoms with van der Waals surface area (Å²) in [6, 6.07) is 0. The number of nitrogens with two attached hydrogens (primary N) is 1. The van der Waals surface area contributed by atoms with Crippen LogP contribution < -0.4 is 5.73 Å². The van der Waals surface area contributed by atoms with Crippen LogP contribution >= 0.6 is 0 Å². The maximum absolute atomic E-state index is 11.5. The van der Waals surface area contributed by atoms with E-state index in [2.05, 4.69) is 4.90 Å². The monoisotopic (exact) mass is 170 g/mol. The molecule has 3 nitrogen and oxygen atoms in total. The molecular formula is C9H18N2O. The van der Waals surface area contributed by atoms with E-state index >= 15 is 0 Å². The lowest BCUT2D eigenvalue weighted by Gasteiger charge is -2.33. The predicted octanol–water partition coefficient (Wildman–Crippen LogP) is 0.389. The zero-order chi connectivity index (χ0) is 9.19. The van der Waals surface area contributed by atoms with Crippen molar-refractivity contribution in [3.63, 3.8) is 0 Å². The van der Waals surface area contributed by atoms with E-state index in [1.54, 1.807) is 0 Å². The molecule has 1 rings (SSSR count). The Labute approximate surface area is 73.9 Å². The topological polar surface area (TPSA) is 46.3 Å². The lowest BCUT2D eigenvalue weighted by Crippen LogP contribution is -2.50. The molecular weight excluding hydrogens is 152 g/mol. The van der Waals surface area contributed by atoms with E-state index in [-0.39, 0.29) is 17.9 Å². The molecule has 0 saturated carbocycles. The van der Waals surface area contributed by atoms with Crippen LogP contribution in [0, 0.1) is 0 Å². The molecule has 2 N–H and O–H groups in total. The first kappa shape index (κ1) is 9.68. The van der Waals surface area contributed by atoms with Gasteiger partial charge in [-0.3, -0.25) is 9.69 Å². The van der Waals surface area contributed by atoms with Gasteiger partial charge in [-0.25, -0.2) is 0 Å². The Morgan fingerprint density at radius 2 is 1.92 bits per heavy atom. The summed E-state index contributed by atoms with van der Waals surface area (Å²) in [6.45, 7) is 6.17. The van der Waals surface area contributed by atoms with Gasteiger partial charge < -0.3 is 5.73 Å². The molecule has 0 aliphatic carbocycles. The van der Waals surface area contributed by atoms with Gasteiger partial charge in [-0.15, -0.1) is 0 Å². The van der Waals surface area contributed by atoms with Crippen molar-refractivity contribution in [2.75, 3.05) is 19.6 Å². The van der Waals surface area contributed by atoms with E-state index in [0.29, 0.717) is 0 Å². The van der Waals surface area contributed by atoms with Crippen LogP contribution in [0.3, 0.4) is 0 Å². The van der Waals surface area contributed by atoms with E-state index in [4.69, 9.17) is 5.73 Å². The lowest BCUT2D eigenvalue weighted by molar-refractivity contribution is -0.127. The molecule has 0 atom stereocenters. The zero-order valence-electron chi connectivity index (χ0n) is 7.97. The summed E-state index contributed by atoms with van der Waals surface area (Å²) < 4.78 is 0. The fraction of sp³-hybridized carbons (Fsp3) is 0.889. The smallest absolute Gasteiger partial charge is 0.165 e. The molecule has 0 spiro atoms. The minimum absolute atomic E-state index is 0.143. The standard InChI is InChI=1S/C9H18N2O/c1-9(2,8(12)7-10)11-5-3-4-6-11/h3-7,10H2,1-2H3. The first-order valence-corrected chi connectivity index (χ1v) is 4.57. The van der Waals surface area contributed by atoms with Crippen LogP contribution in [0.4, 0.5) is 0 Å². The molecule has 1 fully saturated rings.